The zero-order chi connectivity index (χ0) is 13.0. The molecule has 2 aromatic carbocycles. The number of hydrogen-bond acceptors (Lipinski definition) is 2. The molecule has 0 saturated heterocycles. The van der Waals surface area contributed by atoms with Crippen LogP contribution in [0.4, 0.5) is 5.69 Å². The Balaban J connectivity index is 1.99. The molecule has 2 rings (SSSR count). The molecule has 0 aliphatic rings. The van der Waals surface area contributed by atoms with E-state index in [1.54, 1.807) is 12.1 Å². The lowest BCUT2D eigenvalue weighted by atomic mass is 10.2. The minimum atomic E-state index is 0.544. The Kier molecular flexibility index (Phi) is 4.50. The second-order valence-corrected chi connectivity index (χ2v) is 5.18. The van der Waals surface area contributed by atoms with E-state index in [-0.39, 0.29) is 0 Å². The van der Waals surface area contributed by atoms with E-state index in [1.165, 1.54) is 5.56 Å². The molecule has 94 valence electrons. The first-order valence-electron chi connectivity index (χ1n) is 5.58. The van der Waals surface area contributed by atoms with E-state index < -0.39 is 0 Å². The summed E-state index contributed by atoms with van der Waals surface area (Å²) in [5.41, 5.74) is 7.64. The quantitative estimate of drug-likeness (QED) is 0.850. The highest BCUT2D eigenvalue weighted by atomic mass is 79.9. The van der Waals surface area contributed by atoms with Gasteiger partial charge in [0.15, 0.2) is 5.75 Å². The second-order valence-electron chi connectivity index (χ2n) is 3.89. The third kappa shape index (κ3) is 3.40. The molecule has 0 atom stereocenters. The van der Waals surface area contributed by atoms with Crippen LogP contribution in [-0.4, -0.2) is 6.61 Å². The van der Waals surface area contributed by atoms with E-state index >= 15 is 0 Å². The molecule has 2 N–H and O–H groups in total. The van der Waals surface area contributed by atoms with Crippen molar-refractivity contribution in [1.82, 2.24) is 0 Å². The third-order valence-corrected chi connectivity index (χ3v) is 3.32. The molecule has 0 saturated carbocycles. The molecular weight excluding hydrogens is 314 g/mol. The molecule has 0 fully saturated rings. The molecule has 0 aliphatic carbocycles. The zero-order valence-corrected chi connectivity index (χ0v) is 12.0. The highest BCUT2D eigenvalue weighted by Gasteiger charge is 2.07. The summed E-state index contributed by atoms with van der Waals surface area (Å²) >= 11 is 9.28. The molecule has 0 amide bonds. The largest absolute Gasteiger partial charge is 0.490 e. The Bertz CT molecular complexity index is 508. The SMILES string of the molecule is Nc1cc(Cl)cc(Br)c1OCCc1ccccc1. The lowest BCUT2D eigenvalue weighted by Gasteiger charge is -2.11. The van der Waals surface area contributed by atoms with Gasteiger partial charge in [-0.2, -0.15) is 0 Å². The lowest BCUT2D eigenvalue weighted by Crippen LogP contribution is -2.04. The first-order valence-corrected chi connectivity index (χ1v) is 6.75. The van der Waals surface area contributed by atoms with Gasteiger partial charge in [-0.25, -0.2) is 0 Å². The fourth-order valence-corrected chi connectivity index (χ4v) is 2.60. The predicted molar refractivity (Wildman–Crippen MR) is 79.2 cm³/mol. The predicted octanol–water partition coefficient (Wildman–Crippen LogP) is 4.31. The number of anilines is 1. The van der Waals surface area contributed by atoms with Crippen LogP contribution in [0.3, 0.4) is 0 Å². The molecule has 0 radical (unpaired) electrons. The van der Waals surface area contributed by atoms with E-state index in [0.717, 1.165) is 10.9 Å². The summed E-state index contributed by atoms with van der Waals surface area (Å²) in [6.07, 6.45) is 0.843. The van der Waals surface area contributed by atoms with Gasteiger partial charge in [0, 0.05) is 11.4 Å². The van der Waals surface area contributed by atoms with Gasteiger partial charge in [-0.3, -0.25) is 0 Å². The van der Waals surface area contributed by atoms with Gasteiger partial charge in [0.2, 0.25) is 0 Å². The number of benzene rings is 2. The standard InChI is InChI=1S/C14H13BrClNO/c15-12-8-11(16)9-13(17)14(12)18-7-6-10-4-2-1-3-5-10/h1-5,8-9H,6-7,17H2. The average Bonchev–Trinajstić information content (AvgIpc) is 2.34. The molecule has 2 nitrogen and oxygen atoms in total. The topological polar surface area (TPSA) is 35.2 Å². The summed E-state index contributed by atoms with van der Waals surface area (Å²) in [5, 5.41) is 0.592. The van der Waals surface area contributed by atoms with Crippen LogP contribution < -0.4 is 10.5 Å². The monoisotopic (exact) mass is 325 g/mol. The molecule has 0 heterocycles. The van der Waals surface area contributed by atoms with Crippen molar-refractivity contribution in [3.8, 4) is 5.75 Å². The van der Waals surface area contributed by atoms with Crippen LogP contribution in [-0.2, 0) is 6.42 Å². The average molecular weight is 327 g/mol. The summed E-state index contributed by atoms with van der Waals surface area (Å²) in [6, 6.07) is 13.6. The van der Waals surface area contributed by atoms with Crippen LogP contribution in [0.25, 0.3) is 0 Å². The van der Waals surface area contributed by atoms with E-state index in [1.807, 2.05) is 18.2 Å². The lowest BCUT2D eigenvalue weighted by molar-refractivity contribution is 0.322. The number of rotatable bonds is 4. The van der Waals surface area contributed by atoms with Crippen molar-refractivity contribution in [2.75, 3.05) is 12.3 Å². The maximum absolute atomic E-state index is 5.89. The summed E-state index contributed by atoms with van der Waals surface area (Å²) in [4.78, 5) is 0. The highest BCUT2D eigenvalue weighted by molar-refractivity contribution is 9.10. The minimum absolute atomic E-state index is 0.544. The Labute approximate surface area is 120 Å². The third-order valence-electron chi connectivity index (χ3n) is 2.52. The fourth-order valence-electron chi connectivity index (χ4n) is 1.65. The van der Waals surface area contributed by atoms with Crippen LogP contribution in [0.2, 0.25) is 5.02 Å². The number of ether oxygens (including phenoxy) is 1. The number of nitrogens with two attached hydrogens (primary N) is 1. The Morgan fingerprint density at radius 3 is 2.56 bits per heavy atom. The van der Waals surface area contributed by atoms with Crippen LogP contribution >= 0.6 is 27.5 Å². The van der Waals surface area contributed by atoms with Crippen molar-refractivity contribution in [3.63, 3.8) is 0 Å². The molecule has 0 spiro atoms. The van der Waals surface area contributed by atoms with Crippen molar-refractivity contribution in [1.29, 1.82) is 0 Å². The summed E-state index contributed by atoms with van der Waals surface area (Å²) < 4.78 is 6.47. The normalized spacial score (nSPS) is 10.3. The van der Waals surface area contributed by atoms with E-state index in [4.69, 9.17) is 22.1 Å². The van der Waals surface area contributed by atoms with Crippen molar-refractivity contribution < 1.29 is 4.74 Å². The van der Waals surface area contributed by atoms with Crippen molar-refractivity contribution in [2.24, 2.45) is 0 Å². The van der Waals surface area contributed by atoms with Gasteiger partial charge in [0.1, 0.15) is 0 Å². The van der Waals surface area contributed by atoms with Gasteiger partial charge in [0.25, 0.3) is 0 Å². The Morgan fingerprint density at radius 2 is 1.89 bits per heavy atom. The first-order chi connectivity index (χ1) is 8.66. The molecule has 0 bridgehead atoms. The van der Waals surface area contributed by atoms with E-state index in [0.29, 0.717) is 23.1 Å². The molecule has 4 heteroatoms. The first kappa shape index (κ1) is 13.2. The molecule has 0 aromatic heterocycles. The maximum Gasteiger partial charge on any atom is 0.156 e. The molecular formula is C14H13BrClNO. The molecule has 0 aliphatic heterocycles. The van der Waals surface area contributed by atoms with Crippen molar-refractivity contribution in [2.45, 2.75) is 6.42 Å². The minimum Gasteiger partial charge on any atom is -0.490 e. The Morgan fingerprint density at radius 1 is 1.17 bits per heavy atom. The van der Waals surface area contributed by atoms with Crippen molar-refractivity contribution in [3.05, 3.63) is 57.5 Å². The van der Waals surface area contributed by atoms with Crippen LogP contribution in [0.5, 0.6) is 5.75 Å². The Hall–Kier alpha value is -1.19. The second kappa shape index (κ2) is 6.12. The summed E-state index contributed by atoms with van der Waals surface area (Å²) in [5.74, 6) is 0.648. The molecule has 2 aromatic rings. The summed E-state index contributed by atoms with van der Waals surface area (Å²) in [6.45, 7) is 0.578. The molecule has 0 unspecified atom stereocenters. The van der Waals surface area contributed by atoms with Gasteiger partial charge in [0.05, 0.1) is 16.8 Å². The highest BCUT2D eigenvalue weighted by Crippen LogP contribution is 2.34. The molecule has 18 heavy (non-hydrogen) atoms. The summed E-state index contributed by atoms with van der Waals surface area (Å²) in [7, 11) is 0. The van der Waals surface area contributed by atoms with Gasteiger partial charge < -0.3 is 10.5 Å². The number of halogens is 2. The fraction of sp³-hybridized carbons (Fsp3) is 0.143. The smallest absolute Gasteiger partial charge is 0.156 e. The van der Waals surface area contributed by atoms with Crippen LogP contribution in [0.15, 0.2) is 46.9 Å². The van der Waals surface area contributed by atoms with Crippen LogP contribution in [0, 0.1) is 0 Å². The van der Waals surface area contributed by atoms with Crippen molar-refractivity contribution >= 4 is 33.2 Å². The van der Waals surface area contributed by atoms with E-state index in [9.17, 15) is 0 Å². The number of hydrogen-bond donors (Lipinski definition) is 1. The zero-order valence-electron chi connectivity index (χ0n) is 9.70. The van der Waals surface area contributed by atoms with Gasteiger partial charge >= 0.3 is 0 Å². The van der Waals surface area contributed by atoms with Gasteiger partial charge in [-0.05, 0) is 33.6 Å². The number of nitrogen functional groups attached to an aromatic ring is 1. The maximum atomic E-state index is 5.89. The van der Waals surface area contributed by atoms with E-state index in [2.05, 4.69) is 28.1 Å². The van der Waals surface area contributed by atoms with Gasteiger partial charge in [-0.15, -0.1) is 0 Å². The van der Waals surface area contributed by atoms with Gasteiger partial charge in [-0.1, -0.05) is 41.9 Å². The van der Waals surface area contributed by atoms with Crippen LogP contribution in [0.1, 0.15) is 5.56 Å².